The predicted molar refractivity (Wildman–Crippen MR) is 136 cm³/mol. The van der Waals surface area contributed by atoms with Gasteiger partial charge in [0.2, 0.25) is 0 Å². The molecule has 0 radical (unpaired) electrons. The van der Waals surface area contributed by atoms with Crippen molar-refractivity contribution in [1.29, 1.82) is 0 Å². The number of hydrogen-bond donors (Lipinski definition) is 0. The Morgan fingerprint density at radius 3 is 2.57 bits per heavy atom. The molecule has 3 aromatic heterocycles. The van der Waals surface area contributed by atoms with Crippen LogP contribution in [0.3, 0.4) is 0 Å². The molecular weight excluding hydrogens is 440 g/mol. The maximum Gasteiger partial charge on any atom is 0.267 e. The summed E-state index contributed by atoms with van der Waals surface area (Å²) in [5.74, 6) is 1.29. The van der Waals surface area contributed by atoms with Crippen LogP contribution in [0.4, 0.5) is 0 Å². The maximum atomic E-state index is 13.6. The van der Waals surface area contributed by atoms with Crippen molar-refractivity contribution in [3.8, 4) is 28.4 Å². The Bertz CT molecular complexity index is 1600. The lowest BCUT2D eigenvalue weighted by Crippen LogP contribution is -2.19. The van der Waals surface area contributed by atoms with Gasteiger partial charge in [0.25, 0.3) is 5.56 Å². The van der Waals surface area contributed by atoms with Gasteiger partial charge in [-0.2, -0.15) is 5.10 Å². The van der Waals surface area contributed by atoms with Gasteiger partial charge in [-0.05, 0) is 74.4 Å². The highest BCUT2D eigenvalue weighted by atomic mass is 16.5. The molecule has 0 aliphatic carbocycles. The summed E-state index contributed by atoms with van der Waals surface area (Å²) in [6.07, 6.45) is 1.70. The van der Waals surface area contributed by atoms with Crippen molar-refractivity contribution in [3.05, 3.63) is 106 Å². The first-order chi connectivity index (χ1) is 16.9. The van der Waals surface area contributed by atoms with Crippen molar-refractivity contribution >= 4 is 5.65 Å². The van der Waals surface area contributed by atoms with Crippen molar-refractivity contribution in [2.24, 2.45) is 0 Å². The number of pyridine rings is 1. The van der Waals surface area contributed by atoms with Crippen LogP contribution in [0.15, 0.2) is 77.7 Å². The van der Waals surface area contributed by atoms with Crippen molar-refractivity contribution < 1.29 is 9.47 Å². The van der Waals surface area contributed by atoms with E-state index in [-0.39, 0.29) is 5.56 Å². The molecule has 0 spiro atoms. The van der Waals surface area contributed by atoms with E-state index in [0.29, 0.717) is 35.0 Å². The van der Waals surface area contributed by atoms with Crippen LogP contribution in [-0.2, 0) is 6.61 Å². The molecule has 0 atom stereocenters. The zero-order chi connectivity index (χ0) is 24.5. The van der Waals surface area contributed by atoms with Crippen LogP contribution in [0.25, 0.3) is 22.6 Å². The molecule has 7 nitrogen and oxygen atoms in total. The van der Waals surface area contributed by atoms with Gasteiger partial charge in [-0.25, -0.2) is 9.67 Å². The molecule has 0 saturated carbocycles. The first-order valence-corrected chi connectivity index (χ1v) is 11.4. The van der Waals surface area contributed by atoms with Crippen LogP contribution < -0.4 is 15.0 Å². The smallest absolute Gasteiger partial charge is 0.267 e. The molecule has 0 fully saturated rings. The highest BCUT2D eigenvalue weighted by molar-refractivity contribution is 5.65. The Labute approximate surface area is 203 Å². The number of rotatable bonds is 6. The largest absolute Gasteiger partial charge is 0.497 e. The fraction of sp³-hybridized carbons (Fsp3) is 0.179. The number of benzene rings is 2. The Kier molecular flexibility index (Phi) is 5.82. The zero-order valence-electron chi connectivity index (χ0n) is 20.1. The lowest BCUT2D eigenvalue weighted by Gasteiger charge is -2.12. The third kappa shape index (κ3) is 4.28. The summed E-state index contributed by atoms with van der Waals surface area (Å²) in [7, 11) is 1.63. The fourth-order valence-electron chi connectivity index (χ4n) is 4.19. The normalized spacial score (nSPS) is 11.1. The molecule has 5 aromatic rings. The number of nitrogens with zero attached hydrogens (tertiary/aromatic N) is 4. The minimum atomic E-state index is -0.187. The van der Waals surface area contributed by atoms with Gasteiger partial charge >= 0.3 is 0 Å². The van der Waals surface area contributed by atoms with E-state index in [0.717, 1.165) is 28.3 Å². The van der Waals surface area contributed by atoms with Gasteiger partial charge in [-0.1, -0.05) is 24.3 Å². The Morgan fingerprint density at radius 2 is 1.77 bits per heavy atom. The van der Waals surface area contributed by atoms with Crippen molar-refractivity contribution in [1.82, 2.24) is 19.2 Å². The van der Waals surface area contributed by atoms with Gasteiger partial charge in [-0.15, -0.1) is 0 Å². The average Bonchev–Trinajstić information content (AvgIpc) is 3.24. The maximum absolute atomic E-state index is 13.6. The van der Waals surface area contributed by atoms with Gasteiger partial charge in [0, 0.05) is 11.9 Å². The van der Waals surface area contributed by atoms with E-state index in [9.17, 15) is 4.79 Å². The van der Waals surface area contributed by atoms with Gasteiger partial charge in [0.1, 0.15) is 18.1 Å². The molecule has 0 saturated heterocycles. The first-order valence-electron chi connectivity index (χ1n) is 11.4. The Hall–Kier alpha value is -4.39. The van der Waals surface area contributed by atoms with Crippen LogP contribution in [-0.4, -0.2) is 26.3 Å². The van der Waals surface area contributed by atoms with Crippen molar-refractivity contribution in [2.45, 2.75) is 27.4 Å². The van der Waals surface area contributed by atoms with Gasteiger partial charge in [0.15, 0.2) is 11.4 Å². The van der Waals surface area contributed by atoms with Gasteiger partial charge in [-0.3, -0.25) is 9.20 Å². The summed E-state index contributed by atoms with van der Waals surface area (Å²) in [6, 6.07) is 21.3. The fourth-order valence-corrected chi connectivity index (χ4v) is 4.19. The molecule has 176 valence electrons. The van der Waals surface area contributed by atoms with E-state index in [1.54, 1.807) is 19.4 Å². The topological polar surface area (TPSA) is 70.7 Å². The molecule has 0 aliphatic heterocycles. The number of aromatic nitrogens is 4. The summed E-state index contributed by atoms with van der Waals surface area (Å²) in [5, 5.41) is 4.75. The third-order valence-corrected chi connectivity index (χ3v) is 5.92. The van der Waals surface area contributed by atoms with E-state index >= 15 is 0 Å². The summed E-state index contributed by atoms with van der Waals surface area (Å²) in [4.78, 5) is 18.3. The lowest BCUT2D eigenvalue weighted by atomic mass is 10.1. The highest BCUT2D eigenvalue weighted by Gasteiger charge is 2.18. The van der Waals surface area contributed by atoms with Crippen molar-refractivity contribution in [2.75, 3.05) is 7.11 Å². The Balaban J connectivity index is 1.53. The molecule has 0 bridgehead atoms. The molecular formula is C28H26N4O3. The van der Waals surface area contributed by atoms with Crippen molar-refractivity contribution in [3.63, 3.8) is 0 Å². The second-order valence-electron chi connectivity index (χ2n) is 8.51. The second-order valence-corrected chi connectivity index (χ2v) is 8.51. The van der Waals surface area contributed by atoms with E-state index in [1.165, 1.54) is 4.40 Å². The summed E-state index contributed by atoms with van der Waals surface area (Å²) < 4.78 is 14.7. The first kappa shape index (κ1) is 22.4. The summed E-state index contributed by atoms with van der Waals surface area (Å²) in [6.45, 7) is 6.18. The van der Waals surface area contributed by atoms with Crippen LogP contribution in [0.1, 0.15) is 22.5 Å². The van der Waals surface area contributed by atoms with E-state index in [1.807, 2.05) is 80.1 Å². The SMILES string of the molecule is COc1cccc(COc2cccn3c(=O)c(-c4cc(C)n(-c5cccc(C)c5)n4)c(C)nc23)c1. The summed E-state index contributed by atoms with van der Waals surface area (Å²) >= 11 is 0. The van der Waals surface area contributed by atoms with Gasteiger partial charge in [0.05, 0.1) is 24.1 Å². The number of methoxy groups -OCH3 is 1. The lowest BCUT2D eigenvalue weighted by molar-refractivity contribution is 0.306. The number of aryl methyl sites for hydroxylation is 3. The second kappa shape index (κ2) is 9.10. The number of hydrogen-bond acceptors (Lipinski definition) is 5. The predicted octanol–water partition coefficient (Wildman–Crippen LogP) is 5.06. The monoisotopic (exact) mass is 466 g/mol. The van der Waals surface area contributed by atoms with Crippen LogP contribution in [0, 0.1) is 20.8 Å². The average molecular weight is 467 g/mol. The Morgan fingerprint density at radius 1 is 0.943 bits per heavy atom. The third-order valence-electron chi connectivity index (χ3n) is 5.92. The van der Waals surface area contributed by atoms with E-state index in [2.05, 4.69) is 6.07 Å². The molecule has 3 heterocycles. The van der Waals surface area contributed by atoms with Crippen LogP contribution in [0.2, 0.25) is 0 Å². The molecule has 35 heavy (non-hydrogen) atoms. The molecule has 0 N–H and O–H groups in total. The number of fused-ring (bicyclic) bond motifs is 1. The highest BCUT2D eigenvalue weighted by Crippen LogP contribution is 2.25. The molecule has 7 heteroatoms. The van der Waals surface area contributed by atoms with E-state index < -0.39 is 0 Å². The molecule has 0 amide bonds. The quantitative estimate of drug-likeness (QED) is 0.350. The van der Waals surface area contributed by atoms with Crippen LogP contribution in [0.5, 0.6) is 11.5 Å². The standard InChI is InChI=1S/C28H26N4O3/c1-18-8-5-10-22(14-18)32-19(2)15-24(30-32)26-20(3)29-27-25(12-7-13-31(27)28(26)33)35-17-21-9-6-11-23(16-21)34-4/h5-16H,17H2,1-4H3. The van der Waals surface area contributed by atoms with Crippen LogP contribution >= 0.6 is 0 Å². The van der Waals surface area contributed by atoms with Gasteiger partial charge < -0.3 is 9.47 Å². The zero-order valence-corrected chi connectivity index (χ0v) is 20.1. The minimum absolute atomic E-state index is 0.187. The number of ether oxygens (including phenoxy) is 2. The summed E-state index contributed by atoms with van der Waals surface area (Å²) in [5.41, 5.74) is 5.94. The molecule has 0 aliphatic rings. The minimum Gasteiger partial charge on any atom is -0.497 e. The molecule has 5 rings (SSSR count). The molecule has 0 unspecified atom stereocenters. The van der Waals surface area contributed by atoms with E-state index in [4.69, 9.17) is 19.6 Å². The molecule has 2 aromatic carbocycles.